The van der Waals surface area contributed by atoms with Gasteiger partial charge in [-0.1, -0.05) is 6.07 Å². The molecule has 0 amide bonds. The van der Waals surface area contributed by atoms with E-state index in [4.69, 9.17) is 10.8 Å². The molecule has 0 aromatic heterocycles. The van der Waals surface area contributed by atoms with Crippen LogP contribution in [0.2, 0.25) is 0 Å². The standard InChI is InChI=1S/C14H22N2O2S/c1-10(2)16(3)12-5-4-11(13(15)8-12)9-19-7-6-14(17)18/h4-5,8,10H,6-7,9,15H2,1-3H3,(H,17,18). The van der Waals surface area contributed by atoms with Gasteiger partial charge in [0.15, 0.2) is 0 Å². The van der Waals surface area contributed by atoms with Gasteiger partial charge in [0.25, 0.3) is 0 Å². The number of benzene rings is 1. The van der Waals surface area contributed by atoms with Gasteiger partial charge < -0.3 is 15.7 Å². The van der Waals surface area contributed by atoms with Gasteiger partial charge in [0.1, 0.15) is 0 Å². The van der Waals surface area contributed by atoms with Gasteiger partial charge in [-0.2, -0.15) is 11.8 Å². The highest BCUT2D eigenvalue weighted by molar-refractivity contribution is 7.98. The maximum Gasteiger partial charge on any atom is 0.304 e. The molecule has 0 saturated carbocycles. The van der Waals surface area contributed by atoms with Crippen molar-refractivity contribution in [1.82, 2.24) is 0 Å². The molecule has 0 unspecified atom stereocenters. The van der Waals surface area contributed by atoms with Gasteiger partial charge in [0.2, 0.25) is 0 Å². The number of carboxylic acids is 1. The summed E-state index contributed by atoms with van der Waals surface area (Å²) in [5.74, 6) is 0.613. The van der Waals surface area contributed by atoms with E-state index in [0.29, 0.717) is 11.8 Å². The van der Waals surface area contributed by atoms with Crippen LogP contribution in [-0.2, 0) is 10.5 Å². The van der Waals surface area contributed by atoms with E-state index in [1.165, 1.54) is 0 Å². The van der Waals surface area contributed by atoms with Gasteiger partial charge in [-0.3, -0.25) is 4.79 Å². The molecule has 5 heteroatoms. The van der Waals surface area contributed by atoms with Crippen molar-refractivity contribution < 1.29 is 9.90 Å². The molecule has 0 radical (unpaired) electrons. The molecule has 0 fully saturated rings. The van der Waals surface area contributed by atoms with E-state index in [0.717, 1.165) is 22.7 Å². The second kappa shape index (κ2) is 7.28. The Balaban J connectivity index is 2.59. The number of nitrogen functional groups attached to an aromatic ring is 1. The number of thioether (sulfide) groups is 1. The van der Waals surface area contributed by atoms with Gasteiger partial charge in [-0.25, -0.2) is 0 Å². The van der Waals surface area contributed by atoms with Crippen molar-refractivity contribution in [3.05, 3.63) is 23.8 Å². The van der Waals surface area contributed by atoms with Crippen LogP contribution in [0.1, 0.15) is 25.8 Å². The van der Waals surface area contributed by atoms with Crippen molar-refractivity contribution in [2.24, 2.45) is 0 Å². The predicted molar refractivity (Wildman–Crippen MR) is 82.8 cm³/mol. The lowest BCUT2D eigenvalue weighted by Crippen LogP contribution is -2.25. The molecule has 4 nitrogen and oxygen atoms in total. The van der Waals surface area contributed by atoms with E-state index in [1.807, 2.05) is 19.2 Å². The average Bonchev–Trinajstić information content (AvgIpc) is 2.34. The molecule has 1 aromatic rings. The molecule has 0 spiro atoms. The minimum absolute atomic E-state index is 0.193. The maximum atomic E-state index is 10.4. The number of rotatable bonds is 7. The Labute approximate surface area is 119 Å². The van der Waals surface area contributed by atoms with Crippen LogP contribution >= 0.6 is 11.8 Å². The lowest BCUT2D eigenvalue weighted by Gasteiger charge is -2.24. The van der Waals surface area contributed by atoms with E-state index in [1.54, 1.807) is 11.8 Å². The summed E-state index contributed by atoms with van der Waals surface area (Å²) < 4.78 is 0. The lowest BCUT2D eigenvalue weighted by molar-refractivity contribution is -0.136. The summed E-state index contributed by atoms with van der Waals surface area (Å²) in [7, 11) is 2.04. The first-order chi connectivity index (χ1) is 8.91. The smallest absolute Gasteiger partial charge is 0.304 e. The topological polar surface area (TPSA) is 66.6 Å². The second-order valence-electron chi connectivity index (χ2n) is 4.78. The van der Waals surface area contributed by atoms with Gasteiger partial charge in [-0.15, -0.1) is 0 Å². The quantitative estimate of drug-likeness (QED) is 0.594. The third kappa shape index (κ3) is 5.03. The molecule has 0 aliphatic heterocycles. The lowest BCUT2D eigenvalue weighted by atomic mass is 10.1. The highest BCUT2D eigenvalue weighted by Crippen LogP contribution is 2.25. The maximum absolute atomic E-state index is 10.4. The zero-order valence-electron chi connectivity index (χ0n) is 11.7. The van der Waals surface area contributed by atoms with E-state index in [9.17, 15) is 4.79 Å². The zero-order valence-corrected chi connectivity index (χ0v) is 12.5. The van der Waals surface area contributed by atoms with Crippen molar-refractivity contribution in [3.8, 4) is 0 Å². The van der Waals surface area contributed by atoms with Crippen LogP contribution in [0, 0.1) is 0 Å². The van der Waals surface area contributed by atoms with Crippen LogP contribution in [0.4, 0.5) is 11.4 Å². The Morgan fingerprint density at radius 3 is 2.68 bits per heavy atom. The third-order valence-corrected chi connectivity index (χ3v) is 4.04. The number of nitrogens with two attached hydrogens (primary N) is 1. The van der Waals surface area contributed by atoms with Crippen LogP contribution < -0.4 is 10.6 Å². The Bertz CT molecular complexity index is 435. The molecule has 0 aliphatic rings. The number of hydrogen-bond acceptors (Lipinski definition) is 4. The first kappa shape index (κ1) is 15.7. The molecule has 1 rings (SSSR count). The third-order valence-electron chi connectivity index (χ3n) is 3.03. The summed E-state index contributed by atoms with van der Waals surface area (Å²) >= 11 is 1.59. The van der Waals surface area contributed by atoms with E-state index >= 15 is 0 Å². The number of carbonyl (C=O) groups is 1. The Morgan fingerprint density at radius 1 is 1.47 bits per heavy atom. The predicted octanol–water partition coefficient (Wildman–Crippen LogP) is 2.82. The van der Waals surface area contributed by atoms with Crippen molar-refractivity contribution in [3.63, 3.8) is 0 Å². The Morgan fingerprint density at radius 2 is 2.16 bits per heavy atom. The number of carboxylic acid groups (broad SMARTS) is 1. The normalized spacial score (nSPS) is 10.7. The summed E-state index contributed by atoms with van der Waals surface area (Å²) in [4.78, 5) is 12.6. The zero-order chi connectivity index (χ0) is 14.4. The summed E-state index contributed by atoms with van der Waals surface area (Å²) in [6.07, 6.45) is 0.193. The van der Waals surface area contributed by atoms with Crippen molar-refractivity contribution in [2.45, 2.75) is 32.1 Å². The first-order valence-corrected chi connectivity index (χ1v) is 7.48. The Kier molecular flexibility index (Phi) is 6.02. The molecule has 19 heavy (non-hydrogen) atoms. The highest BCUT2D eigenvalue weighted by atomic mass is 32.2. The molecular weight excluding hydrogens is 260 g/mol. The van der Waals surface area contributed by atoms with E-state index in [-0.39, 0.29) is 6.42 Å². The van der Waals surface area contributed by atoms with E-state index < -0.39 is 5.97 Å². The van der Waals surface area contributed by atoms with Crippen molar-refractivity contribution in [1.29, 1.82) is 0 Å². The summed E-state index contributed by atoms with van der Waals surface area (Å²) in [6.45, 7) is 4.26. The van der Waals surface area contributed by atoms with Crippen molar-refractivity contribution >= 4 is 29.1 Å². The van der Waals surface area contributed by atoms with Crippen LogP contribution in [-0.4, -0.2) is 29.9 Å². The van der Waals surface area contributed by atoms with Crippen molar-refractivity contribution in [2.75, 3.05) is 23.4 Å². The van der Waals surface area contributed by atoms with Gasteiger partial charge >= 0.3 is 5.97 Å². The fraction of sp³-hybridized carbons (Fsp3) is 0.500. The molecule has 106 valence electrons. The molecule has 0 aliphatic carbocycles. The van der Waals surface area contributed by atoms with Gasteiger partial charge in [0.05, 0.1) is 6.42 Å². The number of nitrogens with zero attached hydrogens (tertiary/aromatic N) is 1. The molecule has 0 heterocycles. The second-order valence-corrected chi connectivity index (χ2v) is 5.89. The molecule has 3 N–H and O–H groups in total. The molecule has 0 atom stereocenters. The Hall–Kier alpha value is -1.36. The van der Waals surface area contributed by atoms with Gasteiger partial charge in [-0.05, 0) is 31.5 Å². The van der Waals surface area contributed by atoms with Gasteiger partial charge in [0, 0.05) is 36.0 Å². The molecule has 1 aromatic carbocycles. The summed E-state index contributed by atoms with van der Waals surface area (Å²) in [5.41, 5.74) is 8.99. The number of anilines is 2. The average molecular weight is 282 g/mol. The number of aliphatic carboxylic acids is 1. The fourth-order valence-electron chi connectivity index (χ4n) is 1.57. The van der Waals surface area contributed by atoms with Crippen LogP contribution in [0.25, 0.3) is 0 Å². The minimum Gasteiger partial charge on any atom is -0.481 e. The monoisotopic (exact) mass is 282 g/mol. The van der Waals surface area contributed by atoms with Crippen LogP contribution in [0.5, 0.6) is 0 Å². The SMILES string of the molecule is CC(C)N(C)c1ccc(CSCCC(=O)O)c(N)c1. The summed E-state index contributed by atoms with van der Waals surface area (Å²) in [6, 6.07) is 6.49. The summed E-state index contributed by atoms with van der Waals surface area (Å²) in [5, 5.41) is 8.57. The molecule has 0 saturated heterocycles. The first-order valence-electron chi connectivity index (χ1n) is 6.32. The fourth-order valence-corrected chi connectivity index (χ4v) is 2.52. The van der Waals surface area contributed by atoms with Crippen LogP contribution in [0.3, 0.4) is 0 Å². The molecule has 0 bridgehead atoms. The number of hydrogen-bond donors (Lipinski definition) is 2. The highest BCUT2D eigenvalue weighted by Gasteiger charge is 2.07. The minimum atomic E-state index is -0.755. The largest absolute Gasteiger partial charge is 0.481 e. The van der Waals surface area contributed by atoms with Crippen LogP contribution in [0.15, 0.2) is 18.2 Å². The van der Waals surface area contributed by atoms with E-state index in [2.05, 4.69) is 24.8 Å². The molecular formula is C14H22N2O2S.